The van der Waals surface area contributed by atoms with Crippen molar-refractivity contribution in [2.24, 2.45) is 0 Å². The van der Waals surface area contributed by atoms with Crippen molar-refractivity contribution in [3.63, 3.8) is 0 Å². The van der Waals surface area contributed by atoms with Crippen LogP contribution in [0.5, 0.6) is 0 Å². The molecule has 17 heavy (non-hydrogen) atoms. The van der Waals surface area contributed by atoms with Crippen LogP contribution in [0.4, 0.5) is 0 Å². The molecule has 0 spiro atoms. The van der Waals surface area contributed by atoms with E-state index < -0.39 is 0 Å². The minimum atomic E-state index is 0.355. The van der Waals surface area contributed by atoms with E-state index in [4.69, 9.17) is 0 Å². The molecular formula is C14H21NOS. The van der Waals surface area contributed by atoms with E-state index in [0.717, 1.165) is 19.4 Å². The lowest BCUT2D eigenvalue weighted by Gasteiger charge is -2.33. The molecular weight excluding hydrogens is 230 g/mol. The predicted molar refractivity (Wildman–Crippen MR) is 72.3 cm³/mol. The standard InChI is InChI=1S/C14H21NOS/c1-12-6-2-3-10-15(12)14(16)9-4-7-13-8-5-11-17-13/h5,8,11-12H,2-4,6-7,9-10H2,1H3. The molecule has 0 saturated carbocycles. The number of amides is 1. The van der Waals surface area contributed by atoms with Crippen LogP contribution in [-0.4, -0.2) is 23.4 Å². The van der Waals surface area contributed by atoms with E-state index in [9.17, 15) is 4.79 Å². The lowest BCUT2D eigenvalue weighted by molar-refractivity contribution is -0.134. The van der Waals surface area contributed by atoms with Gasteiger partial charge in [0.1, 0.15) is 0 Å². The normalized spacial score (nSPS) is 20.5. The maximum Gasteiger partial charge on any atom is 0.222 e. The molecule has 1 aliphatic rings. The minimum absolute atomic E-state index is 0.355. The van der Waals surface area contributed by atoms with Crippen molar-refractivity contribution in [3.05, 3.63) is 22.4 Å². The molecule has 0 N–H and O–H groups in total. The van der Waals surface area contributed by atoms with E-state index in [-0.39, 0.29) is 0 Å². The first-order chi connectivity index (χ1) is 8.27. The Labute approximate surface area is 108 Å². The van der Waals surface area contributed by atoms with Crippen LogP contribution < -0.4 is 0 Å². The van der Waals surface area contributed by atoms with Crippen LogP contribution in [0.2, 0.25) is 0 Å². The number of thiophene rings is 1. The Morgan fingerprint density at radius 2 is 2.41 bits per heavy atom. The lowest BCUT2D eigenvalue weighted by atomic mass is 10.0. The number of carbonyl (C=O) groups excluding carboxylic acids is 1. The average molecular weight is 251 g/mol. The smallest absolute Gasteiger partial charge is 0.222 e. The summed E-state index contributed by atoms with van der Waals surface area (Å²) in [5.74, 6) is 0.355. The molecule has 0 aromatic carbocycles. The number of hydrogen-bond acceptors (Lipinski definition) is 2. The van der Waals surface area contributed by atoms with E-state index in [0.29, 0.717) is 18.4 Å². The zero-order valence-corrected chi connectivity index (χ0v) is 11.3. The molecule has 2 rings (SSSR count). The molecule has 1 aromatic rings. The van der Waals surface area contributed by atoms with Crippen LogP contribution >= 0.6 is 11.3 Å². The summed E-state index contributed by atoms with van der Waals surface area (Å²) in [4.78, 5) is 15.5. The van der Waals surface area contributed by atoms with E-state index in [1.165, 1.54) is 24.1 Å². The Kier molecular flexibility index (Phi) is 4.60. The average Bonchev–Trinajstić information content (AvgIpc) is 2.82. The second-order valence-corrected chi connectivity index (χ2v) is 5.90. The van der Waals surface area contributed by atoms with Crippen molar-refractivity contribution in [2.75, 3.05) is 6.54 Å². The van der Waals surface area contributed by atoms with Gasteiger partial charge in [0.15, 0.2) is 0 Å². The molecule has 1 aromatic heterocycles. The molecule has 1 fully saturated rings. The second-order valence-electron chi connectivity index (χ2n) is 4.86. The van der Waals surface area contributed by atoms with Crippen molar-refractivity contribution < 1.29 is 4.79 Å². The molecule has 0 aliphatic carbocycles. The van der Waals surface area contributed by atoms with Gasteiger partial charge in [-0.3, -0.25) is 4.79 Å². The SMILES string of the molecule is CC1CCCCN1C(=O)CCCc1cccs1. The predicted octanol–water partition coefficient (Wildman–Crippen LogP) is 3.47. The fourth-order valence-corrected chi connectivity index (χ4v) is 3.23. The highest BCUT2D eigenvalue weighted by atomic mass is 32.1. The fraction of sp³-hybridized carbons (Fsp3) is 0.643. The third-order valence-electron chi connectivity index (χ3n) is 3.52. The van der Waals surface area contributed by atoms with E-state index in [1.807, 2.05) is 0 Å². The van der Waals surface area contributed by atoms with Crippen LogP contribution in [-0.2, 0) is 11.2 Å². The monoisotopic (exact) mass is 251 g/mol. The zero-order valence-electron chi connectivity index (χ0n) is 10.5. The van der Waals surface area contributed by atoms with Gasteiger partial charge in [-0.2, -0.15) is 0 Å². The first-order valence-electron chi connectivity index (χ1n) is 6.59. The van der Waals surface area contributed by atoms with Gasteiger partial charge in [-0.05, 0) is 50.5 Å². The van der Waals surface area contributed by atoms with Gasteiger partial charge in [0.25, 0.3) is 0 Å². The Morgan fingerprint density at radius 1 is 1.53 bits per heavy atom. The Hall–Kier alpha value is -0.830. The highest BCUT2D eigenvalue weighted by Crippen LogP contribution is 2.18. The molecule has 2 nitrogen and oxygen atoms in total. The summed E-state index contributed by atoms with van der Waals surface area (Å²) in [5, 5.41) is 2.10. The van der Waals surface area contributed by atoms with Gasteiger partial charge in [-0.1, -0.05) is 6.07 Å². The van der Waals surface area contributed by atoms with Gasteiger partial charge in [0.05, 0.1) is 0 Å². The highest BCUT2D eigenvalue weighted by molar-refractivity contribution is 7.09. The Balaban J connectivity index is 1.73. The van der Waals surface area contributed by atoms with Crippen LogP contribution in [0.15, 0.2) is 17.5 Å². The van der Waals surface area contributed by atoms with Crippen molar-refractivity contribution in [1.82, 2.24) is 4.90 Å². The van der Waals surface area contributed by atoms with Gasteiger partial charge >= 0.3 is 0 Å². The molecule has 1 unspecified atom stereocenters. The summed E-state index contributed by atoms with van der Waals surface area (Å²) >= 11 is 1.79. The topological polar surface area (TPSA) is 20.3 Å². The number of hydrogen-bond donors (Lipinski definition) is 0. The number of nitrogens with zero attached hydrogens (tertiary/aromatic N) is 1. The summed E-state index contributed by atoms with van der Waals surface area (Å²) in [6.45, 7) is 3.15. The number of likely N-dealkylation sites (tertiary alicyclic amines) is 1. The molecule has 0 bridgehead atoms. The third-order valence-corrected chi connectivity index (χ3v) is 4.45. The molecule has 1 aliphatic heterocycles. The second kappa shape index (κ2) is 6.20. The minimum Gasteiger partial charge on any atom is -0.340 e. The molecule has 1 amide bonds. The van der Waals surface area contributed by atoms with Crippen molar-refractivity contribution >= 4 is 17.2 Å². The molecule has 0 radical (unpaired) electrons. The van der Waals surface area contributed by atoms with Gasteiger partial charge in [-0.25, -0.2) is 0 Å². The number of aryl methyl sites for hydroxylation is 1. The molecule has 94 valence electrons. The van der Waals surface area contributed by atoms with Crippen LogP contribution in [0.25, 0.3) is 0 Å². The van der Waals surface area contributed by atoms with Gasteiger partial charge in [0.2, 0.25) is 5.91 Å². The molecule has 3 heteroatoms. The van der Waals surface area contributed by atoms with E-state index in [2.05, 4.69) is 29.3 Å². The summed E-state index contributed by atoms with van der Waals surface area (Å²) in [5.41, 5.74) is 0. The van der Waals surface area contributed by atoms with Crippen molar-refractivity contribution in [2.45, 2.75) is 51.5 Å². The fourth-order valence-electron chi connectivity index (χ4n) is 2.48. The number of piperidine rings is 1. The van der Waals surface area contributed by atoms with Crippen LogP contribution in [0.1, 0.15) is 43.9 Å². The highest BCUT2D eigenvalue weighted by Gasteiger charge is 2.22. The van der Waals surface area contributed by atoms with Gasteiger partial charge in [-0.15, -0.1) is 11.3 Å². The molecule has 1 saturated heterocycles. The van der Waals surface area contributed by atoms with Gasteiger partial charge in [0, 0.05) is 23.9 Å². The number of carbonyl (C=O) groups is 1. The quantitative estimate of drug-likeness (QED) is 0.802. The Morgan fingerprint density at radius 3 is 3.12 bits per heavy atom. The van der Waals surface area contributed by atoms with Crippen LogP contribution in [0, 0.1) is 0 Å². The first kappa shape index (κ1) is 12.6. The molecule has 1 atom stereocenters. The van der Waals surface area contributed by atoms with Gasteiger partial charge < -0.3 is 4.90 Å². The summed E-state index contributed by atoms with van der Waals surface area (Å²) in [6.07, 6.45) is 6.38. The summed E-state index contributed by atoms with van der Waals surface area (Å²) < 4.78 is 0. The van der Waals surface area contributed by atoms with Crippen molar-refractivity contribution in [1.29, 1.82) is 0 Å². The summed E-state index contributed by atoms with van der Waals surface area (Å²) in [7, 11) is 0. The first-order valence-corrected chi connectivity index (χ1v) is 7.47. The largest absolute Gasteiger partial charge is 0.340 e. The lowest BCUT2D eigenvalue weighted by Crippen LogP contribution is -2.41. The Bertz CT molecular complexity index is 347. The third kappa shape index (κ3) is 3.56. The van der Waals surface area contributed by atoms with E-state index in [1.54, 1.807) is 11.3 Å². The van der Waals surface area contributed by atoms with Crippen LogP contribution in [0.3, 0.4) is 0 Å². The zero-order chi connectivity index (χ0) is 12.1. The summed E-state index contributed by atoms with van der Waals surface area (Å²) in [6, 6.07) is 4.69. The van der Waals surface area contributed by atoms with Crippen molar-refractivity contribution in [3.8, 4) is 0 Å². The van der Waals surface area contributed by atoms with E-state index >= 15 is 0 Å². The maximum atomic E-state index is 12.1. The number of rotatable bonds is 4. The molecule has 2 heterocycles. The maximum absolute atomic E-state index is 12.1.